The third-order valence-corrected chi connectivity index (χ3v) is 6.88. The first-order valence-electron chi connectivity index (χ1n) is 12.4. The second-order valence-corrected chi connectivity index (χ2v) is 9.20. The maximum Gasteiger partial charge on any atom is 0.311 e. The number of nitrogen functional groups attached to an aromatic ring is 1. The molecule has 6 nitrogen and oxygen atoms in total. The van der Waals surface area contributed by atoms with Crippen molar-refractivity contribution in [2.24, 2.45) is 11.7 Å². The van der Waals surface area contributed by atoms with Gasteiger partial charge in [0.1, 0.15) is 5.84 Å². The maximum absolute atomic E-state index is 13.9. The van der Waals surface area contributed by atoms with Crippen molar-refractivity contribution in [1.29, 1.82) is 5.41 Å². The van der Waals surface area contributed by atoms with Crippen LogP contribution in [0.3, 0.4) is 0 Å². The standard InChI is InChI=1S/C29H33N3O3/c1-2-35-29(34)23-12-6-7-14-26(23)32-28(33)25(17-19-9-4-3-5-10-19)22-13-8-11-20-15-16-21(27(30)31)18-24(20)22/h3-5,8-11,13,15-16,18,23,25-26H,2,6-7,12,14,17H2,1H3,(H3,30,31)(H,32,33)/t23-,25?,26+/m1/s1. The van der Waals surface area contributed by atoms with Gasteiger partial charge in [0.05, 0.1) is 18.4 Å². The van der Waals surface area contributed by atoms with Gasteiger partial charge in [-0.2, -0.15) is 0 Å². The molecule has 0 aliphatic heterocycles. The van der Waals surface area contributed by atoms with Crippen LogP contribution < -0.4 is 11.1 Å². The van der Waals surface area contributed by atoms with Gasteiger partial charge in [-0.3, -0.25) is 15.0 Å². The third kappa shape index (κ3) is 5.70. The van der Waals surface area contributed by atoms with Crippen LogP contribution in [0.4, 0.5) is 0 Å². The molecule has 6 heteroatoms. The highest BCUT2D eigenvalue weighted by Crippen LogP contribution is 2.31. The van der Waals surface area contributed by atoms with E-state index in [1.165, 1.54) is 0 Å². The zero-order valence-electron chi connectivity index (χ0n) is 20.1. The Kier molecular flexibility index (Phi) is 7.80. The summed E-state index contributed by atoms with van der Waals surface area (Å²) in [4.78, 5) is 26.5. The van der Waals surface area contributed by atoms with E-state index in [9.17, 15) is 9.59 Å². The van der Waals surface area contributed by atoms with Gasteiger partial charge in [-0.05, 0) is 54.2 Å². The summed E-state index contributed by atoms with van der Waals surface area (Å²) in [5.41, 5.74) is 8.33. The molecule has 1 aliphatic rings. The average Bonchev–Trinajstić information content (AvgIpc) is 2.87. The van der Waals surface area contributed by atoms with Gasteiger partial charge in [-0.15, -0.1) is 0 Å². The normalized spacial score (nSPS) is 18.5. The molecule has 4 rings (SSSR count). The van der Waals surface area contributed by atoms with Crippen LogP contribution in [0.15, 0.2) is 66.7 Å². The van der Waals surface area contributed by atoms with Crippen LogP contribution in [0.2, 0.25) is 0 Å². The van der Waals surface area contributed by atoms with Gasteiger partial charge < -0.3 is 15.8 Å². The fourth-order valence-corrected chi connectivity index (χ4v) is 5.08. The molecule has 0 radical (unpaired) electrons. The predicted molar refractivity (Wildman–Crippen MR) is 138 cm³/mol. The number of benzene rings is 3. The van der Waals surface area contributed by atoms with Crippen molar-refractivity contribution >= 4 is 28.5 Å². The molecule has 182 valence electrons. The molecule has 1 unspecified atom stereocenters. The predicted octanol–water partition coefficient (Wildman–Crippen LogP) is 4.69. The molecule has 3 atom stereocenters. The quantitative estimate of drug-likeness (QED) is 0.252. The van der Waals surface area contributed by atoms with Crippen LogP contribution in [-0.4, -0.2) is 30.4 Å². The van der Waals surface area contributed by atoms with Crippen LogP contribution in [0.25, 0.3) is 10.8 Å². The molecule has 0 saturated heterocycles. The lowest BCUT2D eigenvalue weighted by Crippen LogP contribution is -2.47. The molecule has 0 spiro atoms. The zero-order chi connectivity index (χ0) is 24.8. The Morgan fingerprint density at radius 3 is 2.57 bits per heavy atom. The topological polar surface area (TPSA) is 105 Å². The minimum Gasteiger partial charge on any atom is -0.466 e. The van der Waals surface area contributed by atoms with E-state index in [0.717, 1.165) is 47.6 Å². The van der Waals surface area contributed by atoms with Gasteiger partial charge in [-0.1, -0.05) is 73.5 Å². The number of carbonyl (C=O) groups is 2. The SMILES string of the molecule is CCOC(=O)[C@@H]1CCCC[C@@H]1NC(=O)C(Cc1ccccc1)c1cccc2ccc(C(=N)N)cc12. The highest BCUT2D eigenvalue weighted by Gasteiger charge is 2.35. The van der Waals surface area contributed by atoms with Crippen LogP contribution in [0.5, 0.6) is 0 Å². The molecule has 0 aromatic heterocycles. The number of ether oxygens (including phenoxy) is 1. The van der Waals surface area contributed by atoms with Crippen molar-refractivity contribution < 1.29 is 14.3 Å². The average molecular weight is 472 g/mol. The number of fused-ring (bicyclic) bond motifs is 1. The summed E-state index contributed by atoms with van der Waals surface area (Å²) in [6.07, 6.45) is 3.94. The summed E-state index contributed by atoms with van der Waals surface area (Å²) in [5, 5.41) is 13.0. The number of rotatable bonds is 8. The Bertz CT molecular complexity index is 1210. The van der Waals surface area contributed by atoms with E-state index in [-0.39, 0.29) is 29.7 Å². The van der Waals surface area contributed by atoms with Crippen LogP contribution >= 0.6 is 0 Å². The van der Waals surface area contributed by atoms with Crippen molar-refractivity contribution in [3.05, 3.63) is 83.4 Å². The molecular formula is C29H33N3O3. The fourth-order valence-electron chi connectivity index (χ4n) is 5.08. The van der Waals surface area contributed by atoms with Crippen LogP contribution in [0, 0.1) is 11.3 Å². The summed E-state index contributed by atoms with van der Waals surface area (Å²) in [5.74, 6) is -1.12. The summed E-state index contributed by atoms with van der Waals surface area (Å²) < 4.78 is 5.31. The first kappa shape index (κ1) is 24.5. The maximum atomic E-state index is 13.9. The first-order chi connectivity index (χ1) is 17.0. The van der Waals surface area contributed by atoms with Crippen molar-refractivity contribution in [2.45, 2.75) is 51.0 Å². The second-order valence-electron chi connectivity index (χ2n) is 9.20. The lowest BCUT2D eigenvalue weighted by molar-refractivity contribution is -0.150. The Hall–Kier alpha value is -3.67. The molecule has 1 amide bonds. The van der Waals surface area contributed by atoms with E-state index in [1.807, 2.05) is 66.7 Å². The van der Waals surface area contributed by atoms with Crippen LogP contribution in [0.1, 0.15) is 55.2 Å². The fraction of sp³-hybridized carbons (Fsp3) is 0.345. The van der Waals surface area contributed by atoms with E-state index in [1.54, 1.807) is 6.92 Å². The highest BCUT2D eigenvalue weighted by molar-refractivity contribution is 6.01. The molecule has 0 bridgehead atoms. The second kappa shape index (κ2) is 11.2. The van der Waals surface area contributed by atoms with Crippen molar-refractivity contribution in [2.75, 3.05) is 6.61 Å². The molecule has 1 fully saturated rings. The Labute approximate surface area is 206 Å². The summed E-state index contributed by atoms with van der Waals surface area (Å²) in [6.45, 7) is 2.14. The van der Waals surface area contributed by atoms with Gasteiger partial charge in [0.15, 0.2) is 0 Å². The first-order valence-corrected chi connectivity index (χ1v) is 12.4. The van der Waals surface area contributed by atoms with Gasteiger partial charge in [0.25, 0.3) is 0 Å². The zero-order valence-corrected chi connectivity index (χ0v) is 20.1. The number of esters is 1. The van der Waals surface area contributed by atoms with E-state index in [4.69, 9.17) is 15.9 Å². The molecular weight excluding hydrogens is 438 g/mol. The number of nitrogens with one attached hydrogen (secondary N) is 2. The van der Waals surface area contributed by atoms with Gasteiger partial charge in [0, 0.05) is 11.6 Å². The Morgan fingerprint density at radius 2 is 1.83 bits per heavy atom. The third-order valence-electron chi connectivity index (χ3n) is 6.88. The van der Waals surface area contributed by atoms with Gasteiger partial charge in [0.2, 0.25) is 5.91 Å². The lowest BCUT2D eigenvalue weighted by atomic mass is 9.83. The largest absolute Gasteiger partial charge is 0.466 e. The lowest BCUT2D eigenvalue weighted by Gasteiger charge is -2.32. The molecule has 1 saturated carbocycles. The van der Waals surface area contributed by atoms with E-state index in [2.05, 4.69) is 5.32 Å². The number of amidine groups is 1. The smallest absolute Gasteiger partial charge is 0.311 e. The minimum atomic E-state index is -0.465. The molecule has 0 heterocycles. The number of nitrogens with two attached hydrogens (primary N) is 1. The Balaban J connectivity index is 1.71. The van der Waals surface area contributed by atoms with E-state index in [0.29, 0.717) is 18.6 Å². The molecule has 4 N–H and O–H groups in total. The molecule has 35 heavy (non-hydrogen) atoms. The molecule has 3 aromatic rings. The van der Waals surface area contributed by atoms with E-state index >= 15 is 0 Å². The van der Waals surface area contributed by atoms with Crippen LogP contribution in [-0.2, 0) is 20.7 Å². The summed E-state index contributed by atoms with van der Waals surface area (Å²) in [6, 6.07) is 21.3. The minimum absolute atomic E-state index is 0.00903. The van der Waals surface area contributed by atoms with Crippen molar-refractivity contribution in [1.82, 2.24) is 5.32 Å². The van der Waals surface area contributed by atoms with Crippen molar-refractivity contribution in [3.8, 4) is 0 Å². The number of hydrogen-bond acceptors (Lipinski definition) is 4. The monoisotopic (exact) mass is 471 g/mol. The molecule has 3 aromatic carbocycles. The number of amides is 1. The highest BCUT2D eigenvalue weighted by atomic mass is 16.5. The van der Waals surface area contributed by atoms with Gasteiger partial charge >= 0.3 is 5.97 Å². The Morgan fingerprint density at radius 1 is 1.06 bits per heavy atom. The number of hydrogen-bond donors (Lipinski definition) is 3. The van der Waals surface area contributed by atoms with E-state index < -0.39 is 5.92 Å². The van der Waals surface area contributed by atoms with Crippen molar-refractivity contribution in [3.63, 3.8) is 0 Å². The summed E-state index contributed by atoms with van der Waals surface area (Å²) >= 11 is 0. The number of carbonyl (C=O) groups excluding carboxylic acids is 2. The molecule has 1 aliphatic carbocycles. The van der Waals surface area contributed by atoms with Gasteiger partial charge in [-0.25, -0.2) is 0 Å². The summed E-state index contributed by atoms with van der Waals surface area (Å²) in [7, 11) is 0.